The summed E-state index contributed by atoms with van der Waals surface area (Å²) >= 11 is 1.79. The fourth-order valence-electron chi connectivity index (χ4n) is 2.91. The minimum atomic E-state index is 0.665. The van der Waals surface area contributed by atoms with E-state index in [1.807, 2.05) is 12.5 Å². The number of thiazole rings is 1. The smallest absolute Gasteiger partial charge is 0.185 e. The highest BCUT2D eigenvalue weighted by atomic mass is 32.1. The van der Waals surface area contributed by atoms with E-state index in [1.165, 1.54) is 11.3 Å². The molecule has 0 bridgehead atoms. The van der Waals surface area contributed by atoms with Crippen LogP contribution >= 0.6 is 11.3 Å². The summed E-state index contributed by atoms with van der Waals surface area (Å²) in [7, 11) is 0. The average Bonchev–Trinajstić information content (AvgIpc) is 3.17. The number of aromatic nitrogens is 4. The molecule has 2 aromatic heterocycles. The molecule has 0 aliphatic carbocycles. The van der Waals surface area contributed by atoms with Crippen molar-refractivity contribution >= 4 is 16.5 Å². The largest absolute Gasteiger partial charge is 0.349 e. The molecule has 0 saturated heterocycles. The van der Waals surface area contributed by atoms with E-state index < -0.39 is 0 Å². The van der Waals surface area contributed by atoms with E-state index in [0.29, 0.717) is 5.92 Å². The van der Waals surface area contributed by atoms with Crippen LogP contribution in [-0.2, 0) is 19.5 Å². The molecule has 7 heteroatoms. The first-order valence-corrected chi connectivity index (χ1v) is 8.88. The van der Waals surface area contributed by atoms with Gasteiger partial charge in [-0.2, -0.15) is 0 Å². The van der Waals surface area contributed by atoms with E-state index in [0.717, 1.165) is 50.1 Å². The first-order valence-electron chi connectivity index (χ1n) is 8.07. The van der Waals surface area contributed by atoms with Crippen molar-refractivity contribution in [3.05, 3.63) is 23.2 Å². The van der Waals surface area contributed by atoms with E-state index in [9.17, 15) is 0 Å². The maximum absolute atomic E-state index is 4.53. The van der Waals surface area contributed by atoms with Gasteiger partial charge in [0.15, 0.2) is 5.13 Å². The van der Waals surface area contributed by atoms with E-state index in [4.69, 9.17) is 0 Å². The molecule has 0 aromatic carbocycles. The predicted molar refractivity (Wildman–Crippen MR) is 89.2 cm³/mol. The number of hydrogen-bond donors (Lipinski definition) is 1. The van der Waals surface area contributed by atoms with Crippen LogP contribution < -0.4 is 10.2 Å². The second-order valence-electron chi connectivity index (χ2n) is 5.72. The molecule has 0 fully saturated rings. The lowest BCUT2D eigenvalue weighted by atomic mass is 9.99. The van der Waals surface area contributed by atoms with Gasteiger partial charge in [0, 0.05) is 50.2 Å². The highest BCUT2D eigenvalue weighted by molar-refractivity contribution is 7.15. The summed E-state index contributed by atoms with van der Waals surface area (Å²) in [4.78, 5) is 8.13. The van der Waals surface area contributed by atoms with Gasteiger partial charge in [0.25, 0.3) is 0 Å². The third kappa shape index (κ3) is 3.47. The van der Waals surface area contributed by atoms with Crippen molar-refractivity contribution in [1.29, 1.82) is 0 Å². The van der Waals surface area contributed by atoms with Crippen molar-refractivity contribution in [2.24, 2.45) is 5.92 Å². The molecule has 120 valence electrons. The molecule has 1 aliphatic heterocycles. The van der Waals surface area contributed by atoms with E-state index in [-0.39, 0.29) is 0 Å². The van der Waals surface area contributed by atoms with Gasteiger partial charge < -0.3 is 14.8 Å². The molecule has 0 amide bonds. The molecule has 2 aromatic rings. The van der Waals surface area contributed by atoms with E-state index in [1.54, 1.807) is 11.3 Å². The van der Waals surface area contributed by atoms with Crippen molar-refractivity contribution in [1.82, 2.24) is 25.1 Å². The molecule has 6 nitrogen and oxygen atoms in total. The third-order valence-corrected chi connectivity index (χ3v) is 5.29. The van der Waals surface area contributed by atoms with Crippen LogP contribution in [0.4, 0.5) is 5.13 Å². The van der Waals surface area contributed by atoms with Gasteiger partial charge in [-0.3, -0.25) is 0 Å². The van der Waals surface area contributed by atoms with Crippen LogP contribution in [0.15, 0.2) is 12.5 Å². The van der Waals surface area contributed by atoms with Crippen molar-refractivity contribution < 1.29 is 0 Å². The summed E-state index contributed by atoms with van der Waals surface area (Å²) in [6, 6.07) is 0. The normalized spacial score (nSPS) is 17.5. The lowest BCUT2D eigenvalue weighted by molar-refractivity contribution is 0.348. The quantitative estimate of drug-likeness (QED) is 0.845. The molecule has 22 heavy (non-hydrogen) atoms. The zero-order valence-electron chi connectivity index (χ0n) is 13.3. The molecular weight excluding hydrogens is 296 g/mol. The van der Waals surface area contributed by atoms with Gasteiger partial charge >= 0.3 is 0 Å². The van der Waals surface area contributed by atoms with Gasteiger partial charge in [-0.1, -0.05) is 0 Å². The van der Waals surface area contributed by atoms with Crippen LogP contribution in [0.3, 0.4) is 0 Å². The lowest BCUT2D eigenvalue weighted by Gasteiger charge is -2.23. The van der Waals surface area contributed by atoms with Gasteiger partial charge in [-0.25, -0.2) is 4.98 Å². The number of nitrogens with zero attached hydrogens (tertiary/aromatic N) is 5. The van der Waals surface area contributed by atoms with Crippen LogP contribution in [0.5, 0.6) is 0 Å². The highest BCUT2D eigenvalue weighted by Crippen LogP contribution is 2.22. The zero-order valence-corrected chi connectivity index (χ0v) is 14.1. The topological polar surface area (TPSA) is 58.9 Å². The summed E-state index contributed by atoms with van der Waals surface area (Å²) in [6.07, 6.45) is 6.09. The Morgan fingerprint density at radius 2 is 2.27 bits per heavy atom. The summed E-state index contributed by atoms with van der Waals surface area (Å²) in [5.74, 6) is 1.79. The summed E-state index contributed by atoms with van der Waals surface area (Å²) in [5.41, 5.74) is 0. The first-order chi connectivity index (χ1) is 10.8. The Balaban J connectivity index is 1.46. The fraction of sp³-hybridized carbons (Fsp3) is 0.667. The fourth-order valence-corrected chi connectivity index (χ4v) is 3.92. The Labute approximate surface area is 135 Å². The summed E-state index contributed by atoms with van der Waals surface area (Å²) < 4.78 is 2.18. The molecular formula is C15H24N6S. The summed E-state index contributed by atoms with van der Waals surface area (Å²) in [6.45, 7) is 9.35. The average molecular weight is 320 g/mol. The molecule has 0 radical (unpaired) electrons. The van der Waals surface area contributed by atoms with Gasteiger partial charge in [-0.05, 0) is 26.2 Å². The molecule has 1 N–H and O–H groups in total. The maximum atomic E-state index is 4.53. The monoisotopic (exact) mass is 320 g/mol. The third-order valence-electron chi connectivity index (χ3n) is 4.23. The van der Waals surface area contributed by atoms with Gasteiger partial charge in [-0.15, -0.1) is 21.5 Å². The second-order valence-corrected chi connectivity index (χ2v) is 6.81. The Kier molecular flexibility index (Phi) is 5.04. The molecule has 1 aliphatic rings. The van der Waals surface area contributed by atoms with Crippen LogP contribution in [0, 0.1) is 5.92 Å². The molecule has 3 rings (SSSR count). The Bertz CT molecular complexity index is 588. The van der Waals surface area contributed by atoms with Gasteiger partial charge in [0.2, 0.25) is 0 Å². The minimum absolute atomic E-state index is 0.665. The van der Waals surface area contributed by atoms with Crippen LogP contribution in [-0.4, -0.2) is 39.4 Å². The molecule has 0 saturated carbocycles. The lowest BCUT2D eigenvalue weighted by Crippen LogP contribution is -2.29. The first kappa shape index (κ1) is 15.4. The van der Waals surface area contributed by atoms with Gasteiger partial charge in [0.1, 0.15) is 12.2 Å². The highest BCUT2D eigenvalue weighted by Gasteiger charge is 2.19. The number of hydrogen-bond acceptors (Lipinski definition) is 6. The van der Waals surface area contributed by atoms with Crippen LogP contribution in [0.1, 0.15) is 31.0 Å². The van der Waals surface area contributed by atoms with Gasteiger partial charge in [0.05, 0.1) is 0 Å². The van der Waals surface area contributed by atoms with Crippen molar-refractivity contribution in [3.63, 3.8) is 0 Å². The van der Waals surface area contributed by atoms with Crippen LogP contribution in [0.25, 0.3) is 0 Å². The number of nitrogens with one attached hydrogen (secondary N) is 1. The Morgan fingerprint density at radius 3 is 3.09 bits per heavy atom. The molecule has 1 unspecified atom stereocenters. The molecule has 0 spiro atoms. The maximum Gasteiger partial charge on any atom is 0.185 e. The van der Waals surface area contributed by atoms with Crippen molar-refractivity contribution in [2.75, 3.05) is 24.5 Å². The molecule has 3 heterocycles. The van der Waals surface area contributed by atoms with E-state index >= 15 is 0 Å². The summed E-state index contributed by atoms with van der Waals surface area (Å²) in [5, 5.41) is 12.8. The standard InChI is InChI=1S/C15H24N6S/c1-3-20(4-2)15-17-9-13(22-15)8-16-7-12-5-6-14-19-18-11-21(14)10-12/h9,11-12,16H,3-8,10H2,1-2H3. The van der Waals surface area contributed by atoms with Crippen LogP contribution in [0.2, 0.25) is 0 Å². The minimum Gasteiger partial charge on any atom is -0.349 e. The van der Waals surface area contributed by atoms with E-state index in [2.05, 4.69) is 43.8 Å². The Morgan fingerprint density at radius 1 is 1.41 bits per heavy atom. The molecule has 1 atom stereocenters. The van der Waals surface area contributed by atoms with Crippen molar-refractivity contribution in [2.45, 2.75) is 39.8 Å². The predicted octanol–water partition coefficient (Wildman–Crippen LogP) is 1.93. The number of fused-ring (bicyclic) bond motifs is 1. The number of aryl methyl sites for hydroxylation is 1. The number of anilines is 1. The zero-order chi connectivity index (χ0) is 15.4. The Hall–Kier alpha value is -1.47. The number of rotatable bonds is 7. The van der Waals surface area contributed by atoms with Crippen molar-refractivity contribution in [3.8, 4) is 0 Å². The second kappa shape index (κ2) is 7.19. The SMILES string of the molecule is CCN(CC)c1ncc(CNCC2CCc3nncn3C2)s1.